The number of nitrogens with one attached hydrogen (secondary N) is 1. The molecule has 0 heterocycles. The van der Waals surface area contributed by atoms with E-state index in [2.05, 4.69) is 5.32 Å². The van der Waals surface area contributed by atoms with Crippen molar-refractivity contribution in [3.8, 4) is 0 Å². The summed E-state index contributed by atoms with van der Waals surface area (Å²) < 4.78 is 0. The van der Waals surface area contributed by atoms with Crippen molar-refractivity contribution in [3.63, 3.8) is 0 Å². The number of hydrogen-bond acceptors (Lipinski definition) is 4. The summed E-state index contributed by atoms with van der Waals surface area (Å²) in [5.74, 6) is -1.78. The van der Waals surface area contributed by atoms with Gasteiger partial charge in [-0.3, -0.25) is 14.4 Å². The van der Waals surface area contributed by atoms with Gasteiger partial charge in [-0.25, -0.2) is 0 Å². The van der Waals surface area contributed by atoms with E-state index in [0.717, 1.165) is 0 Å². The molecule has 0 aromatic heterocycles. The maximum Gasteiger partial charge on any atom is 0.320 e. The first-order chi connectivity index (χ1) is 7.52. The van der Waals surface area contributed by atoms with Crippen molar-refractivity contribution in [3.05, 3.63) is 0 Å². The summed E-state index contributed by atoms with van der Waals surface area (Å²) >= 11 is 0. The van der Waals surface area contributed by atoms with E-state index in [1.807, 2.05) is 0 Å². The molecule has 2 atom stereocenters. The highest BCUT2D eigenvalue weighted by Crippen LogP contribution is 2.21. The molecule has 16 heavy (non-hydrogen) atoms. The highest BCUT2D eigenvalue weighted by molar-refractivity contribution is 6.05. The predicted molar refractivity (Wildman–Crippen MR) is 55.6 cm³/mol. The molecular formula is C10H16N2O4. The van der Waals surface area contributed by atoms with E-state index in [1.54, 1.807) is 0 Å². The third-order valence-corrected chi connectivity index (χ3v) is 2.69. The molecule has 0 saturated heterocycles. The van der Waals surface area contributed by atoms with E-state index >= 15 is 0 Å². The summed E-state index contributed by atoms with van der Waals surface area (Å²) in [7, 11) is 0. The van der Waals surface area contributed by atoms with E-state index in [9.17, 15) is 14.4 Å². The summed E-state index contributed by atoms with van der Waals surface area (Å²) in [6.07, 6.45) is 1.93. The highest BCUT2D eigenvalue weighted by atomic mass is 16.4. The number of rotatable bonds is 6. The minimum Gasteiger partial charge on any atom is -0.480 e. The fraction of sp³-hybridized carbons (Fsp3) is 0.700. The van der Waals surface area contributed by atoms with Crippen LogP contribution in [0, 0.1) is 5.92 Å². The number of carboxylic acid groups (broad SMARTS) is 1. The van der Waals surface area contributed by atoms with E-state index in [-0.39, 0.29) is 11.7 Å². The second-order valence-corrected chi connectivity index (χ2v) is 3.94. The third kappa shape index (κ3) is 3.30. The van der Waals surface area contributed by atoms with Crippen LogP contribution in [0.4, 0.5) is 0 Å². The van der Waals surface area contributed by atoms with Gasteiger partial charge in [-0.1, -0.05) is 0 Å². The first-order valence-corrected chi connectivity index (χ1v) is 5.31. The second kappa shape index (κ2) is 5.60. The molecule has 1 saturated carbocycles. The van der Waals surface area contributed by atoms with Gasteiger partial charge in [0.05, 0.1) is 5.92 Å². The van der Waals surface area contributed by atoms with Gasteiger partial charge < -0.3 is 16.2 Å². The molecule has 1 amide bonds. The van der Waals surface area contributed by atoms with Crippen LogP contribution >= 0.6 is 0 Å². The van der Waals surface area contributed by atoms with E-state index in [1.165, 1.54) is 0 Å². The first kappa shape index (κ1) is 12.6. The van der Waals surface area contributed by atoms with Crippen LogP contribution in [0.5, 0.6) is 0 Å². The normalized spacial score (nSPS) is 21.1. The maximum absolute atomic E-state index is 11.3. The van der Waals surface area contributed by atoms with E-state index in [4.69, 9.17) is 10.8 Å². The number of ketones is 1. The van der Waals surface area contributed by atoms with Gasteiger partial charge in [-0.2, -0.15) is 0 Å². The van der Waals surface area contributed by atoms with Crippen molar-refractivity contribution >= 4 is 17.7 Å². The Morgan fingerprint density at radius 2 is 2.25 bits per heavy atom. The van der Waals surface area contributed by atoms with Crippen LogP contribution in [0.1, 0.15) is 25.7 Å². The van der Waals surface area contributed by atoms with Gasteiger partial charge in [0.2, 0.25) is 5.91 Å². The maximum atomic E-state index is 11.3. The van der Waals surface area contributed by atoms with Crippen molar-refractivity contribution in [1.82, 2.24) is 5.32 Å². The van der Waals surface area contributed by atoms with Gasteiger partial charge in [-0.05, 0) is 19.3 Å². The molecule has 1 rings (SSSR count). The molecule has 0 aromatic carbocycles. The van der Waals surface area contributed by atoms with Crippen molar-refractivity contribution in [2.45, 2.75) is 31.7 Å². The zero-order chi connectivity index (χ0) is 12.1. The lowest BCUT2D eigenvalue weighted by Gasteiger charge is -2.22. The van der Waals surface area contributed by atoms with Crippen LogP contribution in [0.3, 0.4) is 0 Å². The molecule has 6 heteroatoms. The van der Waals surface area contributed by atoms with Crippen LogP contribution < -0.4 is 11.1 Å². The van der Waals surface area contributed by atoms with Gasteiger partial charge in [0.1, 0.15) is 11.8 Å². The van der Waals surface area contributed by atoms with Crippen LogP contribution in [0.15, 0.2) is 0 Å². The van der Waals surface area contributed by atoms with Crippen LogP contribution in [0.2, 0.25) is 0 Å². The van der Waals surface area contributed by atoms with Gasteiger partial charge >= 0.3 is 5.97 Å². The quantitative estimate of drug-likeness (QED) is 0.410. The number of nitrogens with two attached hydrogens (primary N) is 1. The minimum absolute atomic E-state index is 0.0141. The number of carbonyl (C=O) groups is 3. The van der Waals surface area contributed by atoms with Crippen LogP contribution in [-0.4, -0.2) is 35.4 Å². The van der Waals surface area contributed by atoms with Crippen LogP contribution in [-0.2, 0) is 14.4 Å². The predicted octanol–water partition coefficient (Wildman–Crippen LogP) is -0.726. The Bertz CT molecular complexity index is 303. The summed E-state index contributed by atoms with van der Waals surface area (Å²) in [5, 5.41) is 11.1. The third-order valence-electron chi connectivity index (χ3n) is 2.69. The Morgan fingerprint density at radius 3 is 2.69 bits per heavy atom. The molecule has 0 aliphatic heterocycles. The zero-order valence-corrected chi connectivity index (χ0v) is 8.94. The molecular weight excluding hydrogens is 212 g/mol. The Balaban J connectivity index is 2.09. The fourth-order valence-corrected chi connectivity index (χ4v) is 1.46. The average molecular weight is 228 g/mol. The number of carbonyl (C=O) groups excluding carboxylic acids is 2. The molecule has 0 spiro atoms. The molecule has 1 aliphatic carbocycles. The van der Waals surface area contributed by atoms with E-state index in [0.29, 0.717) is 32.2 Å². The summed E-state index contributed by atoms with van der Waals surface area (Å²) in [6, 6.07) is -0.887. The Labute approximate surface area is 93.2 Å². The average Bonchev–Trinajstić information content (AvgIpc) is 2.21. The first-order valence-electron chi connectivity index (χ1n) is 5.31. The molecule has 4 N–H and O–H groups in total. The monoisotopic (exact) mass is 228 g/mol. The standard InChI is InChI=1S/C10H16N2O4/c11-7(10(15)16)2-1-5-12-9(14)6-3-4-8(6)13/h6-7H,1-5,11H2,(H,12,14)(H,15,16). The SMILES string of the molecule is NC(CCCNC(=O)C1CCC1=O)C(=O)O. The molecule has 1 fully saturated rings. The van der Waals surface area contributed by atoms with E-state index < -0.39 is 17.9 Å². The number of aliphatic carboxylic acids is 1. The van der Waals surface area contributed by atoms with Gasteiger partial charge in [0, 0.05) is 13.0 Å². The summed E-state index contributed by atoms with van der Waals surface area (Å²) in [5.41, 5.74) is 5.29. The lowest BCUT2D eigenvalue weighted by Crippen LogP contribution is -2.41. The van der Waals surface area contributed by atoms with Gasteiger partial charge in [-0.15, -0.1) is 0 Å². The smallest absolute Gasteiger partial charge is 0.320 e. The van der Waals surface area contributed by atoms with Crippen molar-refractivity contribution in [2.75, 3.05) is 6.54 Å². The summed E-state index contributed by atoms with van der Waals surface area (Å²) in [4.78, 5) is 32.7. The molecule has 6 nitrogen and oxygen atoms in total. The van der Waals surface area contributed by atoms with Crippen molar-refractivity contribution < 1.29 is 19.5 Å². The number of hydrogen-bond donors (Lipinski definition) is 3. The molecule has 0 radical (unpaired) electrons. The van der Waals surface area contributed by atoms with Crippen molar-refractivity contribution in [1.29, 1.82) is 0 Å². The van der Waals surface area contributed by atoms with Gasteiger partial charge in [0.25, 0.3) is 0 Å². The second-order valence-electron chi connectivity index (χ2n) is 3.94. The molecule has 90 valence electrons. The largest absolute Gasteiger partial charge is 0.480 e. The Kier molecular flexibility index (Phi) is 4.42. The van der Waals surface area contributed by atoms with Gasteiger partial charge in [0.15, 0.2) is 0 Å². The molecule has 0 aromatic rings. The lowest BCUT2D eigenvalue weighted by atomic mass is 9.83. The molecule has 1 aliphatic rings. The van der Waals surface area contributed by atoms with Crippen LogP contribution in [0.25, 0.3) is 0 Å². The Morgan fingerprint density at radius 1 is 1.56 bits per heavy atom. The molecule has 0 bridgehead atoms. The minimum atomic E-state index is -1.04. The highest BCUT2D eigenvalue weighted by Gasteiger charge is 2.34. The topological polar surface area (TPSA) is 109 Å². The lowest BCUT2D eigenvalue weighted by molar-refractivity contribution is -0.140. The number of Topliss-reactive ketones (excluding diaryl/α,β-unsaturated/α-hetero) is 1. The summed E-state index contributed by atoms with van der Waals surface area (Å²) in [6.45, 7) is 0.365. The zero-order valence-electron chi connectivity index (χ0n) is 8.94. The Hall–Kier alpha value is -1.43. The van der Waals surface area contributed by atoms with Crippen molar-refractivity contribution in [2.24, 2.45) is 11.7 Å². The number of amides is 1. The fourth-order valence-electron chi connectivity index (χ4n) is 1.46. The number of carboxylic acids is 1. The molecule has 2 unspecified atom stereocenters.